The summed E-state index contributed by atoms with van der Waals surface area (Å²) < 4.78 is 0. The van der Waals surface area contributed by atoms with Gasteiger partial charge in [-0.3, -0.25) is 4.79 Å². The lowest BCUT2D eigenvalue weighted by Crippen LogP contribution is -2.22. The number of hydrogen-bond donors (Lipinski definition) is 3. The van der Waals surface area contributed by atoms with Gasteiger partial charge in [0.05, 0.1) is 12.5 Å². The van der Waals surface area contributed by atoms with Gasteiger partial charge in [0.25, 0.3) is 0 Å². The van der Waals surface area contributed by atoms with E-state index in [-0.39, 0.29) is 12.5 Å². The molecule has 0 radical (unpaired) electrons. The second-order valence-electron chi connectivity index (χ2n) is 2.74. The number of carboxylic acids is 1. The lowest BCUT2D eigenvalue weighted by molar-refractivity contribution is -0.136. The highest BCUT2D eigenvalue weighted by Crippen LogP contribution is 1.93. The number of aliphatic hydroxyl groups is 1. The van der Waals surface area contributed by atoms with Crippen LogP contribution in [0.5, 0.6) is 0 Å². The van der Waals surface area contributed by atoms with Crippen molar-refractivity contribution in [2.75, 3.05) is 13.1 Å². The van der Waals surface area contributed by atoms with Gasteiger partial charge in [-0.1, -0.05) is 6.92 Å². The fourth-order valence-corrected chi connectivity index (χ4v) is 0.793. The highest BCUT2D eigenvalue weighted by Gasteiger charge is 1.99. The van der Waals surface area contributed by atoms with Crippen LogP contribution in [0.2, 0.25) is 0 Å². The normalized spacial score (nSPS) is 12.8. The standard InChI is InChI=1S/C8H17NO3/c1-2-7(10)3-5-9-6-4-8(11)12/h7,9-10H,2-6H2,1H3,(H,11,12). The van der Waals surface area contributed by atoms with Crippen LogP contribution in [-0.4, -0.2) is 35.4 Å². The molecule has 72 valence electrons. The molecule has 0 aromatic carbocycles. The summed E-state index contributed by atoms with van der Waals surface area (Å²) in [6, 6.07) is 0. The second-order valence-corrected chi connectivity index (χ2v) is 2.74. The zero-order valence-electron chi connectivity index (χ0n) is 7.42. The lowest BCUT2D eigenvalue weighted by atomic mass is 10.2. The number of nitrogens with one attached hydrogen (secondary N) is 1. The van der Waals surface area contributed by atoms with Gasteiger partial charge in [-0.15, -0.1) is 0 Å². The summed E-state index contributed by atoms with van der Waals surface area (Å²) in [6.45, 7) is 3.08. The molecule has 4 heteroatoms. The summed E-state index contributed by atoms with van der Waals surface area (Å²) in [5.74, 6) is -0.793. The molecule has 0 saturated carbocycles. The largest absolute Gasteiger partial charge is 0.481 e. The van der Waals surface area contributed by atoms with Crippen molar-refractivity contribution in [3.05, 3.63) is 0 Å². The van der Waals surface area contributed by atoms with Gasteiger partial charge in [-0.2, -0.15) is 0 Å². The van der Waals surface area contributed by atoms with E-state index in [1.165, 1.54) is 0 Å². The summed E-state index contributed by atoms with van der Waals surface area (Å²) in [6.07, 6.45) is 1.32. The lowest BCUT2D eigenvalue weighted by Gasteiger charge is -2.07. The van der Waals surface area contributed by atoms with Gasteiger partial charge in [0.2, 0.25) is 0 Å². The number of rotatable bonds is 7. The number of hydrogen-bond acceptors (Lipinski definition) is 3. The molecule has 0 bridgehead atoms. The van der Waals surface area contributed by atoms with E-state index >= 15 is 0 Å². The van der Waals surface area contributed by atoms with Gasteiger partial charge >= 0.3 is 5.97 Å². The minimum atomic E-state index is -0.793. The molecule has 0 aliphatic heterocycles. The third-order valence-corrected chi connectivity index (χ3v) is 1.64. The highest BCUT2D eigenvalue weighted by atomic mass is 16.4. The van der Waals surface area contributed by atoms with Crippen LogP contribution in [0.3, 0.4) is 0 Å². The summed E-state index contributed by atoms with van der Waals surface area (Å²) in [4.78, 5) is 10.1. The molecule has 1 atom stereocenters. The molecule has 0 heterocycles. The minimum absolute atomic E-state index is 0.141. The fraction of sp³-hybridized carbons (Fsp3) is 0.875. The third kappa shape index (κ3) is 7.50. The Hall–Kier alpha value is -0.610. The first-order valence-electron chi connectivity index (χ1n) is 4.27. The molecule has 0 aliphatic carbocycles. The maximum absolute atomic E-state index is 10.1. The molecule has 1 unspecified atom stereocenters. The first-order chi connectivity index (χ1) is 5.66. The van der Waals surface area contributed by atoms with Gasteiger partial charge in [0.1, 0.15) is 0 Å². The van der Waals surface area contributed by atoms with Crippen molar-refractivity contribution in [2.45, 2.75) is 32.3 Å². The molecule has 0 spiro atoms. The van der Waals surface area contributed by atoms with E-state index in [0.29, 0.717) is 19.5 Å². The zero-order valence-corrected chi connectivity index (χ0v) is 7.42. The number of carboxylic acid groups (broad SMARTS) is 1. The van der Waals surface area contributed by atoms with Crippen molar-refractivity contribution in [3.63, 3.8) is 0 Å². The van der Waals surface area contributed by atoms with Crippen molar-refractivity contribution in [1.82, 2.24) is 5.32 Å². The Morgan fingerprint density at radius 1 is 1.50 bits per heavy atom. The van der Waals surface area contributed by atoms with E-state index in [9.17, 15) is 4.79 Å². The number of carbonyl (C=O) groups is 1. The van der Waals surface area contributed by atoms with Crippen molar-refractivity contribution >= 4 is 5.97 Å². The Kier molecular flexibility index (Phi) is 6.70. The van der Waals surface area contributed by atoms with Crippen LogP contribution in [0, 0.1) is 0 Å². The predicted molar refractivity (Wildman–Crippen MR) is 46.0 cm³/mol. The Bertz CT molecular complexity index is 127. The van der Waals surface area contributed by atoms with Crippen molar-refractivity contribution < 1.29 is 15.0 Å². The van der Waals surface area contributed by atoms with Crippen LogP contribution < -0.4 is 5.32 Å². The Labute approximate surface area is 72.6 Å². The van der Waals surface area contributed by atoms with Gasteiger partial charge in [0.15, 0.2) is 0 Å². The van der Waals surface area contributed by atoms with Crippen LogP contribution >= 0.6 is 0 Å². The average molecular weight is 175 g/mol. The second kappa shape index (κ2) is 7.06. The van der Waals surface area contributed by atoms with Gasteiger partial charge < -0.3 is 15.5 Å². The quantitative estimate of drug-likeness (QED) is 0.484. The molecule has 0 saturated heterocycles. The molecule has 0 aromatic heterocycles. The zero-order chi connectivity index (χ0) is 9.40. The fourth-order valence-electron chi connectivity index (χ4n) is 0.793. The molecule has 12 heavy (non-hydrogen) atoms. The van der Waals surface area contributed by atoms with Crippen LogP contribution in [0.25, 0.3) is 0 Å². The van der Waals surface area contributed by atoms with Crippen molar-refractivity contribution in [3.8, 4) is 0 Å². The van der Waals surface area contributed by atoms with Gasteiger partial charge in [0, 0.05) is 6.54 Å². The maximum atomic E-state index is 10.1. The molecule has 0 aromatic rings. The van der Waals surface area contributed by atoms with Crippen LogP contribution in [0.15, 0.2) is 0 Å². The molecule has 0 rings (SSSR count). The first-order valence-corrected chi connectivity index (χ1v) is 4.27. The SMILES string of the molecule is CCC(O)CCNCCC(=O)O. The smallest absolute Gasteiger partial charge is 0.304 e. The molecule has 0 fully saturated rings. The molecule has 0 aliphatic rings. The highest BCUT2D eigenvalue weighted by molar-refractivity contribution is 5.66. The summed E-state index contributed by atoms with van der Waals surface area (Å²) in [5.41, 5.74) is 0. The summed E-state index contributed by atoms with van der Waals surface area (Å²) in [5, 5.41) is 20.3. The molecular formula is C8H17NO3. The number of aliphatic hydroxyl groups excluding tert-OH is 1. The van der Waals surface area contributed by atoms with Crippen molar-refractivity contribution in [1.29, 1.82) is 0 Å². The Balaban J connectivity index is 3.05. The Morgan fingerprint density at radius 2 is 2.17 bits per heavy atom. The molecule has 3 N–H and O–H groups in total. The van der Waals surface area contributed by atoms with Crippen LogP contribution in [-0.2, 0) is 4.79 Å². The van der Waals surface area contributed by atoms with Gasteiger partial charge in [-0.25, -0.2) is 0 Å². The molecule has 4 nitrogen and oxygen atoms in total. The van der Waals surface area contributed by atoms with E-state index < -0.39 is 5.97 Å². The van der Waals surface area contributed by atoms with Gasteiger partial charge in [-0.05, 0) is 19.4 Å². The molecular weight excluding hydrogens is 158 g/mol. The summed E-state index contributed by atoms with van der Waals surface area (Å²) >= 11 is 0. The predicted octanol–water partition coefficient (Wildman–Crippen LogP) is 0.212. The van der Waals surface area contributed by atoms with E-state index in [2.05, 4.69) is 5.32 Å². The van der Waals surface area contributed by atoms with Crippen LogP contribution in [0.1, 0.15) is 26.2 Å². The van der Waals surface area contributed by atoms with E-state index in [1.54, 1.807) is 0 Å². The van der Waals surface area contributed by atoms with E-state index in [1.807, 2.05) is 6.92 Å². The van der Waals surface area contributed by atoms with Crippen molar-refractivity contribution in [2.24, 2.45) is 0 Å². The monoisotopic (exact) mass is 175 g/mol. The Morgan fingerprint density at radius 3 is 2.67 bits per heavy atom. The van der Waals surface area contributed by atoms with E-state index in [4.69, 9.17) is 10.2 Å². The third-order valence-electron chi connectivity index (χ3n) is 1.64. The summed E-state index contributed by atoms with van der Waals surface area (Å²) in [7, 11) is 0. The minimum Gasteiger partial charge on any atom is -0.481 e. The van der Waals surface area contributed by atoms with Crippen LogP contribution in [0.4, 0.5) is 0 Å². The first kappa shape index (κ1) is 11.4. The average Bonchev–Trinajstić information content (AvgIpc) is 2.03. The molecule has 0 amide bonds. The number of aliphatic carboxylic acids is 1. The maximum Gasteiger partial charge on any atom is 0.304 e. The van der Waals surface area contributed by atoms with E-state index in [0.717, 1.165) is 6.42 Å². The topological polar surface area (TPSA) is 69.6 Å².